The molecule has 0 amide bonds. The third kappa shape index (κ3) is 4.02. The van der Waals surface area contributed by atoms with E-state index in [1.807, 2.05) is 13.8 Å². The molecule has 28 heavy (non-hydrogen) atoms. The number of nitrogens with one attached hydrogen (secondary N) is 2. The highest BCUT2D eigenvalue weighted by molar-refractivity contribution is 6.45. The number of halogens is 3. The van der Waals surface area contributed by atoms with Crippen LogP contribution in [-0.4, -0.2) is 67.1 Å². The number of allylic oxidation sites excluding steroid dienone is 1. The van der Waals surface area contributed by atoms with E-state index in [1.54, 1.807) is 0 Å². The van der Waals surface area contributed by atoms with Gasteiger partial charge in [-0.25, -0.2) is 13.2 Å². The minimum atomic E-state index is -2.72. The Kier molecular flexibility index (Phi) is 5.23. The number of alkyl halides is 2. The van der Waals surface area contributed by atoms with Gasteiger partial charge >= 0.3 is 0 Å². The normalized spacial score (nSPS) is 26.8. The number of aliphatic hydroxyl groups is 1. The van der Waals surface area contributed by atoms with Crippen molar-refractivity contribution in [3.8, 4) is 0 Å². The number of hydrogen-bond donors (Lipinski definition) is 3. The van der Waals surface area contributed by atoms with Gasteiger partial charge in [0.1, 0.15) is 13.7 Å². The predicted octanol–water partition coefficient (Wildman–Crippen LogP) is 1.69. The molecule has 0 spiro atoms. The van der Waals surface area contributed by atoms with E-state index < -0.39 is 28.5 Å². The van der Waals surface area contributed by atoms with Crippen molar-refractivity contribution in [2.24, 2.45) is 0 Å². The molecule has 3 N–H and O–H groups in total. The average molecular weight is 387 g/mol. The second-order valence-corrected chi connectivity index (χ2v) is 7.81. The topological polar surface area (TPSA) is 83.0 Å². The molecular weight excluding hydrogens is 368 g/mol. The minimum Gasteiger partial charge on any atom is -0.394 e. The number of nitrogens with zero attached hydrogens (tertiary/aromatic N) is 3. The van der Waals surface area contributed by atoms with Crippen molar-refractivity contribution in [3.05, 3.63) is 11.7 Å². The number of hydrogen-bond acceptors (Lipinski definition) is 6. The summed E-state index contributed by atoms with van der Waals surface area (Å²) in [4.78, 5) is 12.5. The van der Waals surface area contributed by atoms with Crippen LogP contribution in [0.4, 0.5) is 25.1 Å². The van der Waals surface area contributed by atoms with Crippen LogP contribution in [0.1, 0.15) is 45.4 Å². The Balaban J connectivity index is 1.97. The van der Waals surface area contributed by atoms with Crippen molar-refractivity contribution in [1.29, 1.82) is 0 Å². The summed E-state index contributed by atoms with van der Waals surface area (Å²) in [5.41, 5.74) is -2.66. The van der Waals surface area contributed by atoms with Gasteiger partial charge < -0.3 is 15.7 Å². The summed E-state index contributed by atoms with van der Waals surface area (Å²) in [6, 6.07) is -0.553. The lowest BCUT2D eigenvalue weighted by atomic mass is 9.37. The van der Waals surface area contributed by atoms with Gasteiger partial charge in [-0.2, -0.15) is 15.0 Å². The predicted molar refractivity (Wildman–Crippen MR) is 102 cm³/mol. The van der Waals surface area contributed by atoms with Crippen LogP contribution in [0, 0.1) is 0 Å². The van der Waals surface area contributed by atoms with Crippen LogP contribution in [0.3, 0.4) is 0 Å². The molecule has 12 heteroatoms. The van der Waals surface area contributed by atoms with E-state index >= 15 is 0 Å². The van der Waals surface area contributed by atoms with E-state index in [-0.39, 0.29) is 55.0 Å². The van der Waals surface area contributed by atoms with Gasteiger partial charge in [-0.05, 0) is 20.3 Å². The van der Waals surface area contributed by atoms with Gasteiger partial charge in [-0.1, -0.05) is 11.6 Å². The van der Waals surface area contributed by atoms with Crippen molar-refractivity contribution in [1.82, 2.24) is 15.0 Å². The zero-order valence-corrected chi connectivity index (χ0v) is 15.6. The molecule has 2 aliphatic carbocycles. The van der Waals surface area contributed by atoms with E-state index in [9.17, 15) is 18.3 Å². The van der Waals surface area contributed by atoms with Crippen LogP contribution in [0.15, 0.2) is 5.83 Å². The maximum Gasteiger partial charge on any atom is 0.252 e. The molecular formula is C16H19B3F3N5O. The molecule has 2 aliphatic rings. The highest BCUT2D eigenvalue weighted by Gasteiger charge is 2.47. The first-order valence-corrected chi connectivity index (χ1v) is 8.96. The second-order valence-electron chi connectivity index (χ2n) is 7.81. The Morgan fingerprint density at radius 3 is 2.29 bits per heavy atom. The molecule has 1 heterocycles. The van der Waals surface area contributed by atoms with Crippen molar-refractivity contribution >= 4 is 41.0 Å². The summed E-state index contributed by atoms with van der Waals surface area (Å²) < 4.78 is 41.1. The Morgan fingerprint density at radius 1 is 1.11 bits per heavy atom. The summed E-state index contributed by atoms with van der Waals surface area (Å²) in [6.45, 7) is 3.69. The van der Waals surface area contributed by atoms with Gasteiger partial charge in [-0.15, -0.1) is 0 Å². The van der Waals surface area contributed by atoms with Crippen molar-refractivity contribution in [2.75, 3.05) is 10.6 Å². The summed E-state index contributed by atoms with van der Waals surface area (Å²) in [5, 5.41) is 14.2. The molecule has 1 saturated carbocycles. The van der Waals surface area contributed by atoms with Crippen LogP contribution in [0.2, 0.25) is 5.21 Å². The first-order chi connectivity index (χ1) is 12.8. The fraction of sp³-hybridized carbons (Fsp3) is 0.688. The van der Waals surface area contributed by atoms with E-state index in [0.29, 0.717) is 0 Å². The average Bonchev–Trinajstić information content (AvgIpc) is 2.50. The van der Waals surface area contributed by atoms with E-state index in [2.05, 4.69) is 25.6 Å². The Labute approximate surface area is 165 Å². The van der Waals surface area contributed by atoms with Crippen molar-refractivity contribution in [3.63, 3.8) is 0 Å². The van der Waals surface area contributed by atoms with E-state index in [1.165, 1.54) is 0 Å². The monoisotopic (exact) mass is 387 g/mol. The fourth-order valence-electron chi connectivity index (χ4n) is 3.12. The van der Waals surface area contributed by atoms with Crippen LogP contribution in [0.5, 0.6) is 0 Å². The highest BCUT2D eigenvalue weighted by atomic mass is 19.3. The molecule has 3 rings (SSSR count). The van der Waals surface area contributed by atoms with Gasteiger partial charge in [0.2, 0.25) is 11.9 Å². The molecule has 0 saturated heterocycles. The molecule has 0 bridgehead atoms. The summed E-state index contributed by atoms with van der Waals surface area (Å²) in [5.74, 6) is -3.78. The maximum absolute atomic E-state index is 14.9. The largest absolute Gasteiger partial charge is 0.394 e. The molecule has 6 radical (unpaired) electrons. The van der Waals surface area contributed by atoms with Crippen LogP contribution in [0.25, 0.3) is 5.57 Å². The SMILES string of the molecule is [B]C1([B])CCC(c2nc(NC(C)C)nc(NC3CC(F)(F)C3)n2)=C(F)C1([B])O. The van der Waals surface area contributed by atoms with E-state index in [4.69, 9.17) is 23.5 Å². The second kappa shape index (κ2) is 6.97. The lowest BCUT2D eigenvalue weighted by Gasteiger charge is -2.45. The van der Waals surface area contributed by atoms with Crippen molar-refractivity contribution < 1.29 is 18.3 Å². The zero-order chi connectivity index (χ0) is 20.9. The lowest BCUT2D eigenvalue weighted by Crippen LogP contribution is -2.48. The van der Waals surface area contributed by atoms with Gasteiger partial charge in [0.25, 0.3) is 5.92 Å². The molecule has 1 unspecified atom stereocenters. The Bertz CT molecular complexity index is 796. The fourth-order valence-corrected chi connectivity index (χ4v) is 3.12. The van der Waals surface area contributed by atoms with Crippen LogP contribution < -0.4 is 10.6 Å². The quantitative estimate of drug-likeness (QED) is 0.668. The van der Waals surface area contributed by atoms with Crippen molar-refractivity contribution in [2.45, 2.75) is 68.3 Å². The van der Waals surface area contributed by atoms with Crippen LogP contribution in [-0.2, 0) is 0 Å². The molecule has 1 aromatic rings. The lowest BCUT2D eigenvalue weighted by molar-refractivity contribution is -0.0794. The summed E-state index contributed by atoms with van der Waals surface area (Å²) in [7, 11) is 17.0. The first-order valence-electron chi connectivity index (χ1n) is 8.96. The van der Waals surface area contributed by atoms with Gasteiger partial charge in [-0.3, -0.25) is 0 Å². The maximum atomic E-state index is 14.9. The number of rotatable bonds is 5. The zero-order valence-electron chi connectivity index (χ0n) is 15.6. The standard InChI is InChI=1S/C16H19B3F3N5O/c1-7(2)23-12-25-11(9-3-4-15(17,18)16(19,28)10(9)20)26-13(27-12)24-8-5-14(21,22)6-8/h7-8,28H,3-6H2,1-2H3,(H2,23,24,25,26,27). The molecule has 144 valence electrons. The third-order valence-electron chi connectivity index (χ3n) is 4.84. The number of aromatic nitrogens is 3. The summed E-state index contributed by atoms with van der Waals surface area (Å²) in [6.07, 6.45) is -0.670. The van der Waals surface area contributed by atoms with Crippen LogP contribution >= 0.6 is 0 Å². The van der Waals surface area contributed by atoms with Gasteiger partial charge in [0.15, 0.2) is 5.82 Å². The van der Waals surface area contributed by atoms with Gasteiger partial charge in [0, 0.05) is 30.5 Å². The molecule has 1 aromatic heterocycles. The molecule has 0 aliphatic heterocycles. The summed E-state index contributed by atoms with van der Waals surface area (Å²) >= 11 is 0. The highest BCUT2D eigenvalue weighted by Crippen LogP contribution is 2.49. The molecule has 1 fully saturated rings. The Hall–Kier alpha value is -1.71. The third-order valence-corrected chi connectivity index (χ3v) is 4.84. The molecule has 1 atom stereocenters. The van der Waals surface area contributed by atoms with E-state index in [0.717, 1.165) is 0 Å². The smallest absolute Gasteiger partial charge is 0.252 e. The number of anilines is 2. The minimum absolute atomic E-state index is 0.0149. The van der Waals surface area contributed by atoms with Gasteiger partial charge in [0.05, 0.1) is 21.2 Å². The molecule has 0 aromatic carbocycles. The molecule has 6 nitrogen and oxygen atoms in total. The Morgan fingerprint density at radius 2 is 1.71 bits per heavy atom. The first kappa shape index (κ1) is 21.0.